The van der Waals surface area contributed by atoms with Gasteiger partial charge in [0.2, 0.25) is 0 Å². The first-order valence-corrected chi connectivity index (χ1v) is 4.76. The molecule has 0 spiro atoms. The Morgan fingerprint density at radius 1 is 1.57 bits per heavy atom. The van der Waals surface area contributed by atoms with Gasteiger partial charge in [0.25, 0.3) is 0 Å². The molecule has 76 valence electrons. The Hall–Kier alpha value is -1.38. The number of aliphatic imine (C=N–C) groups is 1. The molecule has 3 heteroatoms. The van der Waals surface area contributed by atoms with Crippen LogP contribution in [-0.4, -0.2) is 15.9 Å². The van der Waals surface area contributed by atoms with Gasteiger partial charge in [-0.3, -0.25) is 10.1 Å². The van der Waals surface area contributed by atoms with Crippen molar-refractivity contribution >= 4 is 5.71 Å². The first kappa shape index (κ1) is 10.7. The Morgan fingerprint density at radius 3 is 2.57 bits per heavy atom. The van der Waals surface area contributed by atoms with E-state index in [0.717, 1.165) is 22.7 Å². The van der Waals surface area contributed by atoms with E-state index in [1.165, 1.54) is 0 Å². The molecular weight excluding hydrogens is 174 g/mol. The molecule has 1 heterocycles. The maximum absolute atomic E-state index is 4.44. The third-order valence-electron chi connectivity index (χ3n) is 1.96. The van der Waals surface area contributed by atoms with Crippen LogP contribution in [0.2, 0.25) is 0 Å². The molecule has 1 rings (SSSR count). The number of rotatable bonds is 3. The highest BCUT2D eigenvalue weighted by atomic mass is 15.1. The molecule has 14 heavy (non-hydrogen) atoms. The van der Waals surface area contributed by atoms with E-state index in [2.05, 4.69) is 35.6 Å². The van der Waals surface area contributed by atoms with Gasteiger partial charge in [0.15, 0.2) is 0 Å². The summed E-state index contributed by atoms with van der Waals surface area (Å²) >= 11 is 0. The van der Waals surface area contributed by atoms with Gasteiger partial charge in [-0.2, -0.15) is 5.10 Å². The number of aromatic nitrogens is 2. The van der Waals surface area contributed by atoms with Crippen molar-refractivity contribution in [3.05, 3.63) is 29.7 Å². The van der Waals surface area contributed by atoms with Gasteiger partial charge in [-0.05, 0) is 19.8 Å². The van der Waals surface area contributed by atoms with Gasteiger partial charge < -0.3 is 0 Å². The number of nitrogens with zero attached hydrogens (tertiary/aromatic N) is 2. The van der Waals surface area contributed by atoms with E-state index < -0.39 is 0 Å². The van der Waals surface area contributed by atoms with Crippen LogP contribution in [0.4, 0.5) is 0 Å². The molecule has 0 unspecified atom stereocenters. The molecule has 0 atom stereocenters. The molecule has 0 saturated carbocycles. The Morgan fingerprint density at radius 2 is 2.21 bits per heavy atom. The van der Waals surface area contributed by atoms with Crippen LogP contribution in [0.1, 0.15) is 32.0 Å². The van der Waals surface area contributed by atoms with E-state index in [9.17, 15) is 0 Å². The second-order valence-electron chi connectivity index (χ2n) is 3.80. The van der Waals surface area contributed by atoms with Crippen LogP contribution in [0.5, 0.6) is 0 Å². The molecule has 0 bridgehead atoms. The molecule has 1 aromatic heterocycles. The van der Waals surface area contributed by atoms with Crippen LogP contribution in [0.25, 0.3) is 0 Å². The summed E-state index contributed by atoms with van der Waals surface area (Å²) in [7, 11) is 0. The van der Waals surface area contributed by atoms with Crippen LogP contribution in [-0.2, 0) is 0 Å². The second kappa shape index (κ2) is 4.22. The van der Waals surface area contributed by atoms with Crippen molar-refractivity contribution in [1.82, 2.24) is 10.2 Å². The molecule has 0 fully saturated rings. The summed E-state index contributed by atoms with van der Waals surface area (Å²) in [6, 6.07) is 0. The Labute approximate surface area is 85.0 Å². The predicted molar refractivity (Wildman–Crippen MR) is 59.5 cm³/mol. The standard InChI is InChI=1S/C11H17N3/c1-7(2)11(13-8(3)4)10-6-12-14-9(10)5/h6-7H,3H2,1-2,4-5H3,(H,12,14)/b13-11-. The summed E-state index contributed by atoms with van der Waals surface area (Å²) in [6.07, 6.45) is 1.82. The fourth-order valence-corrected chi connectivity index (χ4v) is 1.31. The smallest absolute Gasteiger partial charge is 0.0581 e. The van der Waals surface area contributed by atoms with Crippen molar-refractivity contribution in [3.63, 3.8) is 0 Å². The lowest BCUT2D eigenvalue weighted by molar-refractivity contribution is 0.880. The maximum atomic E-state index is 4.44. The van der Waals surface area contributed by atoms with E-state index in [-0.39, 0.29) is 0 Å². The van der Waals surface area contributed by atoms with Gasteiger partial charge in [-0.15, -0.1) is 0 Å². The van der Waals surface area contributed by atoms with Gasteiger partial charge in [0.05, 0.1) is 11.9 Å². The van der Waals surface area contributed by atoms with Crippen LogP contribution >= 0.6 is 0 Å². The summed E-state index contributed by atoms with van der Waals surface area (Å²) in [4.78, 5) is 4.44. The van der Waals surface area contributed by atoms with Gasteiger partial charge in [0.1, 0.15) is 0 Å². The fourth-order valence-electron chi connectivity index (χ4n) is 1.31. The highest BCUT2D eigenvalue weighted by Crippen LogP contribution is 2.13. The molecule has 0 aliphatic heterocycles. The highest BCUT2D eigenvalue weighted by Gasteiger charge is 2.12. The van der Waals surface area contributed by atoms with Crippen molar-refractivity contribution in [2.24, 2.45) is 10.9 Å². The number of aromatic amines is 1. The number of allylic oxidation sites excluding steroid dienone is 1. The molecule has 0 amide bonds. The topological polar surface area (TPSA) is 41.0 Å². The number of aryl methyl sites for hydroxylation is 1. The van der Waals surface area contributed by atoms with E-state index in [0.29, 0.717) is 5.92 Å². The zero-order valence-electron chi connectivity index (χ0n) is 9.26. The maximum Gasteiger partial charge on any atom is 0.0581 e. The van der Waals surface area contributed by atoms with Crippen LogP contribution < -0.4 is 0 Å². The molecule has 0 aromatic carbocycles. The first-order valence-electron chi connectivity index (χ1n) is 4.76. The molecule has 3 nitrogen and oxygen atoms in total. The lowest BCUT2D eigenvalue weighted by Crippen LogP contribution is -2.10. The van der Waals surface area contributed by atoms with E-state index in [1.807, 2.05) is 20.0 Å². The minimum Gasteiger partial charge on any atom is -0.282 e. The van der Waals surface area contributed by atoms with Gasteiger partial charge in [0, 0.05) is 17.0 Å². The largest absolute Gasteiger partial charge is 0.282 e. The van der Waals surface area contributed by atoms with E-state index >= 15 is 0 Å². The minimum atomic E-state index is 0.378. The van der Waals surface area contributed by atoms with Crippen LogP contribution in [0, 0.1) is 12.8 Å². The fraction of sp³-hybridized carbons (Fsp3) is 0.455. The van der Waals surface area contributed by atoms with E-state index in [4.69, 9.17) is 0 Å². The minimum absolute atomic E-state index is 0.378. The van der Waals surface area contributed by atoms with Crippen LogP contribution in [0.15, 0.2) is 23.5 Å². The van der Waals surface area contributed by atoms with Gasteiger partial charge in [-0.1, -0.05) is 20.4 Å². The summed E-state index contributed by atoms with van der Waals surface area (Å²) in [5.74, 6) is 0.378. The van der Waals surface area contributed by atoms with Gasteiger partial charge >= 0.3 is 0 Å². The lowest BCUT2D eigenvalue weighted by atomic mass is 10.0. The predicted octanol–water partition coefficient (Wildman–Crippen LogP) is 2.70. The number of hydrogen-bond acceptors (Lipinski definition) is 2. The third-order valence-corrected chi connectivity index (χ3v) is 1.96. The average molecular weight is 191 g/mol. The summed E-state index contributed by atoms with van der Waals surface area (Å²) in [5.41, 5.74) is 4.01. The number of nitrogens with one attached hydrogen (secondary N) is 1. The van der Waals surface area contributed by atoms with Crippen molar-refractivity contribution in [2.75, 3.05) is 0 Å². The molecular formula is C11H17N3. The summed E-state index contributed by atoms with van der Waals surface area (Å²) in [5, 5.41) is 6.91. The second-order valence-corrected chi connectivity index (χ2v) is 3.80. The SMILES string of the molecule is C=C(C)/N=C(\c1cn[nH]c1C)C(C)C. The average Bonchev–Trinajstić information content (AvgIpc) is 2.46. The summed E-state index contributed by atoms with van der Waals surface area (Å²) in [6.45, 7) is 11.9. The number of hydrogen-bond donors (Lipinski definition) is 1. The van der Waals surface area contributed by atoms with Crippen LogP contribution in [0.3, 0.4) is 0 Å². The Kier molecular flexibility index (Phi) is 3.23. The molecule has 0 aliphatic carbocycles. The Bertz CT molecular complexity index is 358. The molecule has 0 aliphatic rings. The van der Waals surface area contributed by atoms with Crippen molar-refractivity contribution in [2.45, 2.75) is 27.7 Å². The van der Waals surface area contributed by atoms with Crippen molar-refractivity contribution in [1.29, 1.82) is 0 Å². The molecule has 1 aromatic rings. The van der Waals surface area contributed by atoms with E-state index in [1.54, 1.807) is 0 Å². The lowest BCUT2D eigenvalue weighted by Gasteiger charge is -2.09. The molecule has 1 N–H and O–H groups in total. The van der Waals surface area contributed by atoms with Crippen molar-refractivity contribution < 1.29 is 0 Å². The Balaban J connectivity index is 3.13. The summed E-state index contributed by atoms with van der Waals surface area (Å²) < 4.78 is 0. The normalized spacial score (nSPS) is 12.2. The zero-order valence-corrected chi connectivity index (χ0v) is 9.26. The molecule has 0 saturated heterocycles. The highest BCUT2D eigenvalue weighted by molar-refractivity contribution is 6.03. The molecule has 0 radical (unpaired) electrons. The zero-order chi connectivity index (χ0) is 10.7. The third kappa shape index (κ3) is 2.31. The van der Waals surface area contributed by atoms with Gasteiger partial charge in [-0.25, -0.2) is 0 Å². The first-order chi connectivity index (χ1) is 6.52. The van der Waals surface area contributed by atoms with Crippen molar-refractivity contribution in [3.8, 4) is 0 Å². The quantitative estimate of drug-likeness (QED) is 0.733. The monoisotopic (exact) mass is 191 g/mol. The number of H-pyrrole nitrogens is 1.